The van der Waals surface area contributed by atoms with Crippen LogP contribution in [0.25, 0.3) is 0 Å². The van der Waals surface area contributed by atoms with Crippen molar-refractivity contribution >= 4 is 35.5 Å². The van der Waals surface area contributed by atoms with Gasteiger partial charge in [0.1, 0.15) is 36.0 Å². The predicted molar refractivity (Wildman–Crippen MR) is 185 cm³/mol. The minimum atomic E-state index is -1.19. The first-order valence-corrected chi connectivity index (χ1v) is 17.6. The summed E-state index contributed by atoms with van der Waals surface area (Å²) in [5, 5.41) is 23.1. The van der Waals surface area contributed by atoms with Crippen LogP contribution in [0.15, 0.2) is 24.3 Å². The quantitative estimate of drug-likeness (QED) is 0.151. The van der Waals surface area contributed by atoms with Gasteiger partial charge in [0.05, 0.1) is 13.0 Å². The van der Waals surface area contributed by atoms with Gasteiger partial charge in [0.15, 0.2) is 0 Å². The standard InChI is InChI=1S/C36H57N5O8/c1-8-9-10-11-12-23(6)29-19-30(43)37-20-31(44)41-32(22(4)5)35(47)39-27(17-21(2)3)34(46)38-24(7)33(45)40-28(36(48)49-29)18-25-13-15-26(42)16-14-25/h13-16,21-24,27-29,32,42H,8-12,17-20H2,1-7H3,(H,37,43)(H,38,46)(H,39,47)(H,40,45)(H,41,44). The average Bonchev–Trinajstić information content (AvgIpc) is 3.03. The van der Waals surface area contributed by atoms with Gasteiger partial charge in [0, 0.05) is 6.42 Å². The Morgan fingerprint density at radius 2 is 1.45 bits per heavy atom. The Morgan fingerprint density at radius 1 is 0.796 bits per heavy atom. The molecule has 274 valence electrons. The summed E-state index contributed by atoms with van der Waals surface area (Å²) in [7, 11) is 0. The molecule has 0 radical (unpaired) electrons. The third-order valence-electron chi connectivity index (χ3n) is 8.58. The minimum absolute atomic E-state index is 0.00413. The Morgan fingerprint density at radius 3 is 2.06 bits per heavy atom. The number of ether oxygens (including phenoxy) is 1. The van der Waals surface area contributed by atoms with E-state index in [0.717, 1.165) is 25.7 Å². The Balaban J connectivity index is 2.48. The first-order chi connectivity index (χ1) is 23.1. The van der Waals surface area contributed by atoms with E-state index in [0.29, 0.717) is 12.0 Å². The number of phenolic OH excluding ortho intramolecular Hbond substituents is 1. The lowest BCUT2D eigenvalue weighted by molar-refractivity contribution is -0.157. The zero-order valence-corrected chi connectivity index (χ0v) is 30.1. The van der Waals surface area contributed by atoms with Gasteiger partial charge >= 0.3 is 5.97 Å². The van der Waals surface area contributed by atoms with Crippen LogP contribution in [0.3, 0.4) is 0 Å². The summed E-state index contributed by atoms with van der Waals surface area (Å²) in [6, 6.07) is 1.85. The van der Waals surface area contributed by atoms with E-state index in [1.165, 1.54) is 19.1 Å². The van der Waals surface area contributed by atoms with Gasteiger partial charge < -0.3 is 36.4 Å². The van der Waals surface area contributed by atoms with Gasteiger partial charge in [-0.3, -0.25) is 24.0 Å². The van der Waals surface area contributed by atoms with Crippen molar-refractivity contribution in [2.24, 2.45) is 17.8 Å². The van der Waals surface area contributed by atoms with Gasteiger partial charge in [0.2, 0.25) is 29.5 Å². The highest BCUT2D eigenvalue weighted by molar-refractivity contribution is 5.95. The molecule has 1 aromatic carbocycles. The Bertz CT molecular complexity index is 1270. The fraction of sp³-hybridized carbons (Fsp3) is 0.667. The summed E-state index contributed by atoms with van der Waals surface area (Å²) >= 11 is 0. The van der Waals surface area contributed by atoms with E-state index in [1.54, 1.807) is 26.0 Å². The van der Waals surface area contributed by atoms with E-state index in [9.17, 15) is 33.9 Å². The minimum Gasteiger partial charge on any atom is -0.508 e. The van der Waals surface area contributed by atoms with Crippen LogP contribution >= 0.6 is 0 Å². The van der Waals surface area contributed by atoms with Crippen LogP contribution < -0.4 is 26.6 Å². The molecule has 1 aromatic rings. The van der Waals surface area contributed by atoms with E-state index >= 15 is 0 Å². The molecule has 6 atom stereocenters. The number of benzene rings is 1. The number of aromatic hydroxyl groups is 1. The third kappa shape index (κ3) is 14.5. The summed E-state index contributed by atoms with van der Waals surface area (Å²) < 4.78 is 5.96. The van der Waals surface area contributed by atoms with Crippen LogP contribution in [0.1, 0.15) is 99.0 Å². The number of cyclic esters (lactones) is 1. The first-order valence-electron chi connectivity index (χ1n) is 17.6. The molecule has 0 saturated carbocycles. The highest BCUT2D eigenvalue weighted by Gasteiger charge is 2.34. The van der Waals surface area contributed by atoms with Gasteiger partial charge in [-0.2, -0.15) is 0 Å². The van der Waals surface area contributed by atoms with E-state index in [2.05, 4.69) is 33.5 Å². The van der Waals surface area contributed by atoms with Gasteiger partial charge in [-0.15, -0.1) is 0 Å². The molecule has 13 heteroatoms. The van der Waals surface area contributed by atoms with Gasteiger partial charge in [-0.1, -0.05) is 79.4 Å². The molecule has 1 heterocycles. The largest absolute Gasteiger partial charge is 0.508 e. The topological polar surface area (TPSA) is 192 Å². The molecule has 1 fully saturated rings. The maximum Gasteiger partial charge on any atom is 0.329 e. The fourth-order valence-electron chi connectivity index (χ4n) is 5.56. The van der Waals surface area contributed by atoms with E-state index < -0.39 is 72.3 Å². The van der Waals surface area contributed by atoms with Crippen molar-refractivity contribution in [1.82, 2.24) is 26.6 Å². The molecule has 5 amide bonds. The van der Waals surface area contributed by atoms with Gasteiger partial charge in [0.25, 0.3) is 0 Å². The van der Waals surface area contributed by atoms with Crippen LogP contribution in [-0.4, -0.2) is 77.4 Å². The zero-order valence-electron chi connectivity index (χ0n) is 30.1. The maximum absolute atomic E-state index is 13.8. The van der Waals surface area contributed by atoms with Crippen molar-refractivity contribution < 1.29 is 38.6 Å². The number of esters is 1. The normalized spacial score (nSPS) is 24.4. The molecule has 13 nitrogen and oxygen atoms in total. The Kier molecular flexibility index (Phi) is 17.1. The number of carbonyl (C=O) groups excluding carboxylic acids is 6. The smallest absolute Gasteiger partial charge is 0.329 e. The second-order valence-corrected chi connectivity index (χ2v) is 13.9. The van der Waals surface area contributed by atoms with Crippen molar-refractivity contribution in [1.29, 1.82) is 0 Å². The molecule has 1 aliphatic rings. The van der Waals surface area contributed by atoms with E-state index in [4.69, 9.17) is 4.74 Å². The third-order valence-corrected chi connectivity index (χ3v) is 8.58. The van der Waals surface area contributed by atoms with Crippen LogP contribution in [0, 0.1) is 17.8 Å². The number of rotatable bonds is 11. The second kappa shape index (κ2) is 20.4. The first kappa shape index (κ1) is 41.0. The molecule has 6 N–H and O–H groups in total. The average molecular weight is 688 g/mol. The molecular weight excluding hydrogens is 630 g/mol. The van der Waals surface area contributed by atoms with Gasteiger partial charge in [-0.05, 0) is 55.2 Å². The lowest BCUT2D eigenvalue weighted by Gasteiger charge is -2.28. The van der Waals surface area contributed by atoms with Crippen LogP contribution in [0.4, 0.5) is 0 Å². The van der Waals surface area contributed by atoms with Crippen molar-refractivity contribution in [3.05, 3.63) is 29.8 Å². The van der Waals surface area contributed by atoms with Crippen molar-refractivity contribution in [2.45, 2.75) is 130 Å². The number of amides is 5. The monoisotopic (exact) mass is 687 g/mol. The Labute approximate surface area is 290 Å². The molecule has 49 heavy (non-hydrogen) atoms. The molecule has 0 aromatic heterocycles. The van der Waals surface area contributed by atoms with Crippen LogP contribution in [0.2, 0.25) is 0 Å². The highest BCUT2D eigenvalue weighted by Crippen LogP contribution is 2.21. The number of hydrogen-bond donors (Lipinski definition) is 6. The van der Waals surface area contributed by atoms with E-state index in [1.807, 2.05) is 20.8 Å². The van der Waals surface area contributed by atoms with Crippen molar-refractivity contribution in [3.8, 4) is 5.75 Å². The molecule has 2 rings (SSSR count). The van der Waals surface area contributed by atoms with Crippen molar-refractivity contribution in [3.63, 3.8) is 0 Å². The summed E-state index contributed by atoms with van der Waals surface area (Å²) in [6.07, 6.45) is 3.84. The molecule has 0 spiro atoms. The molecule has 6 unspecified atom stereocenters. The van der Waals surface area contributed by atoms with Crippen molar-refractivity contribution in [2.75, 3.05) is 6.54 Å². The molecule has 0 bridgehead atoms. The van der Waals surface area contributed by atoms with Crippen LogP contribution in [-0.2, 0) is 39.9 Å². The zero-order chi connectivity index (χ0) is 36.7. The summed E-state index contributed by atoms with van der Waals surface area (Å²) in [6.45, 7) is 12.3. The molecular formula is C36H57N5O8. The molecule has 1 aliphatic heterocycles. The predicted octanol–water partition coefficient (Wildman–Crippen LogP) is 2.63. The lowest BCUT2D eigenvalue weighted by atomic mass is 9.94. The SMILES string of the molecule is CCCCCCC(C)C1CC(=O)NCC(=O)NC(C(C)C)C(=O)NC(CC(C)C)C(=O)NC(C)C(=O)NC(Cc2ccc(O)cc2)C(=O)O1. The maximum atomic E-state index is 13.8. The Hall–Kier alpha value is -4.16. The molecule has 1 saturated heterocycles. The van der Waals surface area contributed by atoms with Crippen LogP contribution in [0.5, 0.6) is 5.75 Å². The second-order valence-electron chi connectivity index (χ2n) is 13.9. The molecule has 0 aliphatic carbocycles. The number of hydrogen-bond acceptors (Lipinski definition) is 8. The lowest BCUT2D eigenvalue weighted by Crippen LogP contribution is -2.58. The number of carbonyl (C=O) groups is 6. The number of nitrogens with one attached hydrogen (secondary N) is 5. The number of phenols is 1. The summed E-state index contributed by atoms with van der Waals surface area (Å²) in [5.74, 6) is -4.24. The summed E-state index contributed by atoms with van der Waals surface area (Å²) in [5.41, 5.74) is 0.627. The fourth-order valence-corrected chi connectivity index (χ4v) is 5.56. The van der Waals surface area contributed by atoms with Gasteiger partial charge in [-0.25, -0.2) is 4.79 Å². The van der Waals surface area contributed by atoms with E-state index in [-0.39, 0.29) is 42.8 Å². The highest BCUT2D eigenvalue weighted by atomic mass is 16.5. The summed E-state index contributed by atoms with van der Waals surface area (Å²) in [4.78, 5) is 80.1. The number of unbranched alkanes of at least 4 members (excludes halogenated alkanes) is 3.